The Morgan fingerprint density at radius 3 is 1.80 bits per heavy atom. The molecule has 10 rings (SSSR count). The van der Waals surface area contributed by atoms with Crippen LogP contribution in [-0.4, -0.2) is 15.0 Å². The second-order valence-electron chi connectivity index (χ2n) is 13.8. The van der Waals surface area contributed by atoms with Crippen molar-refractivity contribution in [2.45, 2.75) is 27.7 Å². The van der Waals surface area contributed by atoms with Crippen molar-refractivity contribution in [1.29, 1.82) is 0 Å². The molecule has 10 aromatic rings. The summed E-state index contributed by atoms with van der Waals surface area (Å²) < 4.78 is 6.67. The number of aryl methyl sites for hydroxylation is 4. The summed E-state index contributed by atoms with van der Waals surface area (Å²) in [5, 5.41) is 11.0. The molecule has 0 unspecified atom stereocenters. The third-order valence-corrected chi connectivity index (χ3v) is 9.89. The number of aromatic nitrogens is 3. The second-order valence-corrected chi connectivity index (χ2v) is 13.8. The van der Waals surface area contributed by atoms with Gasteiger partial charge in [0.15, 0.2) is 0 Å². The monoisotopic (exact) mass is 874 g/mol. The van der Waals surface area contributed by atoms with Gasteiger partial charge in [-0.25, -0.2) is 0 Å². The summed E-state index contributed by atoms with van der Waals surface area (Å²) in [4.78, 5) is 14.1. The van der Waals surface area contributed by atoms with E-state index in [1.165, 1.54) is 27.3 Å². The maximum Gasteiger partial charge on any atom is 0.127 e. The van der Waals surface area contributed by atoms with Crippen molar-refractivity contribution in [3.8, 4) is 11.3 Å². The molecule has 5 aromatic carbocycles. The van der Waals surface area contributed by atoms with Crippen molar-refractivity contribution in [2.75, 3.05) is 0 Å². The first kappa shape index (κ1) is 35.1. The van der Waals surface area contributed by atoms with E-state index in [1.807, 2.05) is 44.4 Å². The van der Waals surface area contributed by atoms with E-state index < -0.39 is 0 Å². The van der Waals surface area contributed by atoms with Gasteiger partial charge in [-0.3, -0.25) is 4.98 Å². The van der Waals surface area contributed by atoms with E-state index in [0.29, 0.717) is 5.58 Å². The number of hydrogen-bond acceptors (Lipinski definition) is 4. The molecule has 0 fully saturated rings. The summed E-state index contributed by atoms with van der Waals surface area (Å²) >= 11 is 0. The summed E-state index contributed by atoms with van der Waals surface area (Å²) in [6, 6.07) is 51.5. The Balaban J connectivity index is 0.000000233. The number of benzene rings is 5. The van der Waals surface area contributed by atoms with Crippen LogP contribution in [0, 0.1) is 39.8 Å². The average molecular weight is 874 g/mol. The molecular weight excluding hydrogens is 839 g/mol. The third kappa shape index (κ3) is 6.58. The van der Waals surface area contributed by atoms with E-state index in [-0.39, 0.29) is 20.1 Å². The Morgan fingerprint density at radius 2 is 1.15 bits per heavy atom. The number of furan rings is 1. The molecule has 4 nitrogen and oxygen atoms in total. The Labute approximate surface area is 327 Å². The Bertz CT molecular complexity index is 3050. The van der Waals surface area contributed by atoms with Crippen molar-refractivity contribution in [3.63, 3.8) is 0 Å². The SMILES string of the molecule is Cc1[c-]c2c3cc(c(C)cn3)c3cccc(c3)c3cccc(c3)c3cccc(c3)c3cccc4c(n1)c2oc34.Cc1c[c-]c(-c2ccc(C)cn2)cc1.[Ir]. The van der Waals surface area contributed by atoms with Crippen LogP contribution in [0.3, 0.4) is 0 Å². The van der Waals surface area contributed by atoms with Gasteiger partial charge in [0, 0.05) is 43.3 Å². The predicted octanol–water partition coefficient (Wildman–Crippen LogP) is 12.8. The molecule has 5 aromatic heterocycles. The van der Waals surface area contributed by atoms with Crippen LogP contribution >= 0.6 is 0 Å². The summed E-state index contributed by atoms with van der Waals surface area (Å²) in [5.74, 6) is 0. The number of rotatable bonds is 1. The van der Waals surface area contributed by atoms with Crippen LogP contribution in [0.2, 0.25) is 0 Å². The maximum atomic E-state index is 6.67. The van der Waals surface area contributed by atoms with Gasteiger partial charge in [-0.2, -0.15) is 0 Å². The first-order valence-corrected chi connectivity index (χ1v) is 17.8. The van der Waals surface area contributed by atoms with E-state index in [1.54, 1.807) is 0 Å². The zero-order valence-electron chi connectivity index (χ0n) is 30.4. The standard InChI is InChI=1S/C36H23N2O.C13H12N.Ir/c1-21-20-37-33-19-31(21)28-12-5-10-26(18-28)24-8-3-7-23(16-24)25-9-4-11-27(17-25)29-13-6-14-30-34-36(39-35(29)30)32(33)15-22(2)38-34;1-10-3-6-12(7-4-10)13-8-5-11(2)9-14-13;/h3-14,16-20H,1-2H3;3-6,8-9H,1-2H3;/q2*-1;. The van der Waals surface area contributed by atoms with E-state index >= 15 is 0 Å². The van der Waals surface area contributed by atoms with Gasteiger partial charge >= 0.3 is 0 Å². The largest absolute Gasteiger partial charge is 0.513 e. The molecule has 0 atom stereocenters. The fourth-order valence-electron chi connectivity index (χ4n) is 7.10. The minimum Gasteiger partial charge on any atom is -0.513 e. The summed E-state index contributed by atoms with van der Waals surface area (Å²) in [6.07, 6.45) is 3.82. The molecule has 0 spiro atoms. The van der Waals surface area contributed by atoms with Crippen LogP contribution in [0.5, 0.6) is 0 Å². The molecule has 0 aliphatic rings. The zero-order chi connectivity index (χ0) is 36.1. The zero-order valence-corrected chi connectivity index (χ0v) is 32.8. The van der Waals surface area contributed by atoms with Gasteiger partial charge < -0.3 is 14.4 Å². The fourth-order valence-corrected chi connectivity index (χ4v) is 7.10. The van der Waals surface area contributed by atoms with E-state index in [9.17, 15) is 0 Å². The minimum atomic E-state index is 0. The summed E-state index contributed by atoms with van der Waals surface area (Å²) in [6.45, 7) is 8.19. The van der Waals surface area contributed by atoms with Gasteiger partial charge in [-0.15, -0.1) is 46.8 Å². The Kier molecular flexibility index (Phi) is 9.37. The molecule has 0 aliphatic carbocycles. The molecule has 0 amide bonds. The number of pyridine rings is 3. The molecule has 0 N–H and O–H groups in total. The van der Waals surface area contributed by atoms with Crippen LogP contribution in [0.15, 0.2) is 144 Å². The van der Waals surface area contributed by atoms with Crippen molar-refractivity contribution in [3.05, 3.63) is 174 Å². The molecule has 0 saturated heterocycles. The van der Waals surface area contributed by atoms with Gasteiger partial charge in [0.05, 0.1) is 11.1 Å². The van der Waals surface area contributed by atoms with E-state index in [2.05, 4.69) is 140 Å². The van der Waals surface area contributed by atoms with E-state index in [4.69, 9.17) is 14.4 Å². The fraction of sp³-hybridized carbons (Fsp3) is 0.0816. The van der Waals surface area contributed by atoms with Crippen LogP contribution < -0.4 is 0 Å². The molecule has 54 heavy (non-hydrogen) atoms. The van der Waals surface area contributed by atoms with E-state index in [0.717, 1.165) is 76.8 Å². The van der Waals surface area contributed by atoms with Crippen LogP contribution in [0.25, 0.3) is 87.3 Å². The molecule has 1 radical (unpaired) electrons. The molecular formula is C49H35IrN3O-2. The van der Waals surface area contributed by atoms with Crippen LogP contribution in [0.4, 0.5) is 0 Å². The molecule has 0 saturated carbocycles. The first-order valence-electron chi connectivity index (χ1n) is 17.8. The normalized spacial score (nSPS) is 11.2. The molecule has 5 heterocycles. The van der Waals surface area contributed by atoms with Crippen LogP contribution in [0.1, 0.15) is 22.4 Å². The van der Waals surface area contributed by atoms with Gasteiger partial charge in [-0.1, -0.05) is 97.9 Å². The predicted molar refractivity (Wildman–Crippen MR) is 221 cm³/mol. The molecule has 10 bridgehead atoms. The Hall–Kier alpha value is -6.00. The Morgan fingerprint density at radius 1 is 0.537 bits per heavy atom. The van der Waals surface area contributed by atoms with Gasteiger partial charge in [0.25, 0.3) is 0 Å². The van der Waals surface area contributed by atoms with Gasteiger partial charge in [-0.05, 0) is 105 Å². The van der Waals surface area contributed by atoms with Gasteiger partial charge in [0.1, 0.15) is 5.58 Å². The van der Waals surface area contributed by atoms with Gasteiger partial charge in [0.2, 0.25) is 0 Å². The summed E-state index contributed by atoms with van der Waals surface area (Å²) in [5.41, 5.74) is 9.58. The number of para-hydroxylation sites is 1. The second kappa shape index (κ2) is 14.4. The number of fused-ring (bicyclic) bond motifs is 14. The topological polar surface area (TPSA) is 51.8 Å². The first-order chi connectivity index (χ1) is 25.9. The van der Waals surface area contributed by atoms with Crippen molar-refractivity contribution < 1.29 is 24.5 Å². The van der Waals surface area contributed by atoms with Crippen molar-refractivity contribution >= 4 is 76.1 Å². The summed E-state index contributed by atoms with van der Waals surface area (Å²) in [7, 11) is 0. The van der Waals surface area contributed by atoms with Crippen LogP contribution in [-0.2, 0) is 20.1 Å². The van der Waals surface area contributed by atoms with Crippen molar-refractivity contribution in [2.24, 2.45) is 0 Å². The maximum absolute atomic E-state index is 6.67. The average Bonchev–Trinajstić information content (AvgIpc) is 3.57. The smallest absolute Gasteiger partial charge is 0.127 e. The molecule has 0 aliphatic heterocycles. The minimum absolute atomic E-state index is 0. The van der Waals surface area contributed by atoms with Crippen molar-refractivity contribution in [1.82, 2.24) is 15.0 Å². The third-order valence-electron chi connectivity index (χ3n) is 9.89. The molecule has 5 heteroatoms. The quantitative estimate of drug-likeness (QED) is 0.154. The number of nitrogens with zero attached hydrogens (tertiary/aromatic N) is 3. The number of hydrogen-bond donors (Lipinski definition) is 0. The molecule has 263 valence electrons.